The summed E-state index contributed by atoms with van der Waals surface area (Å²) in [6.45, 7) is 4.18. The minimum atomic E-state index is -0.316. The van der Waals surface area contributed by atoms with Crippen LogP contribution in [-0.2, 0) is 13.1 Å². The third-order valence-electron chi connectivity index (χ3n) is 2.56. The van der Waals surface area contributed by atoms with E-state index >= 15 is 0 Å². The van der Waals surface area contributed by atoms with Crippen LogP contribution in [0.25, 0.3) is 0 Å². The van der Waals surface area contributed by atoms with Crippen molar-refractivity contribution in [2.75, 3.05) is 0 Å². The number of nitrogens with zero attached hydrogens (tertiary/aromatic N) is 1. The van der Waals surface area contributed by atoms with Crippen molar-refractivity contribution in [3.8, 4) is 0 Å². The van der Waals surface area contributed by atoms with Gasteiger partial charge in [-0.1, -0.05) is 0 Å². The van der Waals surface area contributed by atoms with Crippen LogP contribution in [-0.4, -0.2) is 10.9 Å². The molecule has 96 valence electrons. The minimum absolute atomic E-state index is 0.228. The molecule has 0 radical (unpaired) electrons. The first-order chi connectivity index (χ1) is 8.60. The summed E-state index contributed by atoms with van der Waals surface area (Å²) in [4.78, 5) is 15.9. The third-order valence-corrected chi connectivity index (χ3v) is 2.56. The Kier molecular flexibility index (Phi) is 3.47. The van der Waals surface area contributed by atoms with Gasteiger partial charge in [-0.3, -0.25) is 4.79 Å². The molecule has 6 heteroatoms. The van der Waals surface area contributed by atoms with Gasteiger partial charge < -0.3 is 19.9 Å². The van der Waals surface area contributed by atoms with Crippen molar-refractivity contribution in [3.63, 3.8) is 0 Å². The molecular formula is C12H15N3O3. The molecule has 3 N–H and O–H groups in total. The van der Waals surface area contributed by atoms with Crippen molar-refractivity contribution >= 4 is 5.91 Å². The van der Waals surface area contributed by atoms with Crippen LogP contribution in [0.2, 0.25) is 0 Å². The molecule has 0 bridgehead atoms. The van der Waals surface area contributed by atoms with E-state index in [4.69, 9.17) is 14.6 Å². The Bertz CT molecular complexity index is 537. The van der Waals surface area contributed by atoms with Crippen LogP contribution in [0.3, 0.4) is 0 Å². The number of hydrogen-bond acceptors (Lipinski definition) is 5. The van der Waals surface area contributed by atoms with Crippen LogP contribution in [0, 0.1) is 13.8 Å². The fraction of sp³-hybridized carbons (Fsp3) is 0.333. The number of carbonyl (C=O) groups is 1. The molecule has 0 aliphatic heterocycles. The van der Waals surface area contributed by atoms with Crippen LogP contribution in [0.5, 0.6) is 0 Å². The highest BCUT2D eigenvalue weighted by molar-refractivity contribution is 5.91. The van der Waals surface area contributed by atoms with Gasteiger partial charge >= 0.3 is 0 Å². The highest BCUT2D eigenvalue weighted by atomic mass is 16.4. The van der Waals surface area contributed by atoms with E-state index in [1.165, 1.54) is 0 Å². The second-order valence-corrected chi connectivity index (χ2v) is 3.90. The SMILES string of the molecule is Cc1nc(CNC(=O)c2ccc(CN)o2)oc1C. The van der Waals surface area contributed by atoms with Crippen LogP contribution < -0.4 is 11.1 Å². The Balaban J connectivity index is 1.95. The molecule has 0 unspecified atom stereocenters. The third kappa shape index (κ3) is 2.60. The highest BCUT2D eigenvalue weighted by Crippen LogP contribution is 2.09. The fourth-order valence-corrected chi connectivity index (χ4v) is 1.47. The first kappa shape index (κ1) is 12.4. The minimum Gasteiger partial charge on any atom is -0.455 e. The smallest absolute Gasteiger partial charge is 0.287 e. The van der Waals surface area contributed by atoms with E-state index in [-0.39, 0.29) is 24.8 Å². The number of aryl methyl sites for hydroxylation is 2. The molecule has 0 saturated heterocycles. The van der Waals surface area contributed by atoms with Crippen molar-refractivity contribution in [1.82, 2.24) is 10.3 Å². The van der Waals surface area contributed by atoms with E-state index in [0.29, 0.717) is 11.7 Å². The summed E-state index contributed by atoms with van der Waals surface area (Å²) in [6.07, 6.45) is 0. The fourth-order valence-electron chi connectivity index (χ4n) is 1.47. The predicted octanol–water partition coefficient (Wildman–Crippen LogP) is 1.27. The summed E-state index contributed by atoms with van der Waals surface area (Å²) in [5, 5.41) is 2.66. The molecule has 0 fully saturated rings. The molecule has 0 spiro atoms. The molecule has 2 rings (SSSR count). The van der Waals surface area contributed by atoms with E-state index in [9.17, 15) is 4.79 Å². The van der Waals surface area contributed by atoms with Gasteiger partial charge in [0.2, 0.25) is 5.89 Å². The number of oxazole rings is 1. The molecule has 1 amide bonds. The van der Waals surface area contributed by atoms with Crippen molar-refractivity contribution in [3.05, 3.63) is 41.0 Å². The predicted molar refractivity (Wildman–Crippen MR) is 63.7 cm³/mol. The van der Waals surface area contributed by atoms with Crippen LogP contribution in [0.4, 0.5) is 0 Å². The molecule has 0 aliphatic carbocycles. The summed E-state index contributed by atoms with van der Waals surface area (Å²) in [7, 11) is 0. The molecule has 6 nitrogen and oxygen atoms in total. The summed E-state index contributed by atoms with van der Waals surface area (Å²) in [6, 6.07) is 3.26. The largest absolute Gasteiger partial charge is 0.455 e. The van der Waals surface area contributed by atoms with Gasteiger partial charge in [-0.25, -0.2) is 4.98 Å². The Morgan fingerprint density at radius 1 is 1.39 bits per heavy atom. The van der Waals surface area contributed by atoms with Crippen LogP contribution in [0.1, 0.15) is 33.7 Å². The normalized spacial score (nSPS) is 10.6. The monoisotopic (exact) mass is 249 g/mol. The van der Waals surface area contributed by atoms with Crippen LogP contribution in [0.15, 0.2) is 21.0 Å². The topological polar surface area (TPSA) is 94.3 Å². The van der Waals surface area contributed by atoms with Crippen LogP contribution >= 0.6 is 0 Å². The zero-order chi connectivity index (χ0) is 13.1. The summed E-state index contributed by atoms with van der Waals surface area (Å²) < 4.78 is 10.6. The number of furan rings is 1. The van der Waals surface area contributed by atoms with Crippen molar-refractivity contribution in [1.29, 1.82) is 0 Å². The standard InChI is InChI=1S/C12H15N3O3/c1-7-8(2)17-11(15-7)6-14-12(16)10-4-3-9(5-13)18-10/h3-4H,5-6,13H2,1-2H3,(H,14,16). The first-order valence-electron chi connectivity index (χ1n) is 5.60. The van der Waals surface area contributed by atoms with Gasteiger partial charge in [0.25, 0.3) is 5.91 Å². The van der Waals surface area contributed by atoms with E-state index in [1.54, 1.807) is 12.1 Å². The van der Waals surface area contributed by atoms with Gasteiger partial charge in [0, 0.05) is 0 Å². The van der Waals surface area contributed by atoms with Gasteiger partial charge in [-0.15, -0.1) is 0 Å². The van der Waals surface area contributed by atoms with Gasteiger partial charge in [0.05, 0.1) is 18.8 Å². The Hall–Kier alpha value is -2.08. The first-order valence-corrected chi connectivity index (χ1v) is 5.60. The average molecular weight is 249 g/mol. The maximum Gasteiger partial charge on any atom is 0.287 e. The quantitative estimate of drug-likeness (QED) is 0.851. The lowest BCUT2D eigenvalue weighted by atomic mass is 10.4. The lowest BCUT2D eigenvalue weighted by Crippen LogP contribution is -2.22. The maximum atomic E-state index is 11.7. The average Bonchev–Trinajstić information content (AvgIpc) is 2.94. The lowest BCUT2D eigenvalue weighted by molar-refractivity contribution is 0.0917. The zero-order valence-corrected chi connectivity index (χ0v) is 10.3. The van der Waals surface area contributed by atoms with Gasteiger partial charge in [0.15, 0.2) is 5.76 Å². The molecule has 18 heavy (non-hydrogen) atoms. The van der Waals surface area contributed by atoms with E-state index in [1.807, 2.05) is 13.8 Å². The summed E-state index contributed by atoms with van der Waals surface area (Å²) >= 11 is 0. The number of aromatic nitrogens is 1. The Morgan fingerprint density at radius 3 is 2.72 bits per heavy atom. The summed E-state index contributed by atoms with van der Waals surface area (Å²) in [5.74, 6) is 1.72. The number of rotatable bonds is 4. The molecule has 2 aromatic rings. The number of nitrogens with two attached hydrogens (primary N) is 1. The molecular weight excluding hydrogens is 234 g/mol. The van der Waals surface area contributed by atoms with Gasteiger partial charge in [0.1, 0.15) is 11.5 Å². The van der Waals surface area contributed by atoms with Crippen molar-refractivity contribution in [2.45, 2.75) is 26.9 Å². The van der Waals surface area contributed by atoms with Gasteiger partial charge in [-0.2, -0.15) is 0 Å². The zero-order valence-electron chi connectivity index (χ0n) is 10.3. The lowest BCUT2D eigenvalue weighted by Gasteiger charge is -1.99. The molecule has 0 saturated carbocycles. The number of hydrogen-bond donors (Lipinski definition) is 2. The summed E-state index contributed by atoms with van der Waals surface area (Å²) in [5.41, 5.74) is 6.22. The number of nitrogens with one attached hydrogen (secondary N) is 1. The molecule has 2 aromatic heterocycles. The van der Waals surface area contributed by atoms with Gasteiger partial charge in [-0.05, 0) is 26.0 Å². The molecule has 2 heterocycles. The van der Waals surface area contributed by atoms with E-state index in [0.717, 1.165) is 11.5 Å². The molecule has 0 atom stereocenters. The molecule has 0 aliphatic rings. The number of amides is 1. The van der Waals surface area contributed by atoms with Crippen molar-refractivity contribution in [2.24, 2.45) is 5.73 Å². The van der Waals surface area contributed by atoms with Crippen molar-refractivity contribution < 1.29 is 13.6 Å². The Labute approximate surface area is 104 Å². The molecule has 0 aromatic carbocycles. The maximum absolute atomic E-state index is 11.7. The van der Waals surface area contributed by atoms with E-state index < -0.39 is 0 Å². The second kappa shape index (κ2) is 5.05. The second-order valence-electron chi connectivity index (χ2n) is 3.90. The Morgan fingerprint density at radius 2 is 2.17 bits per heavy atom. The van der Waals surface area contributed by atoms with E-state index in [2.05, 4.69) is 10.3 Å². The number of carbonyl (C=O) groups excluding carboxylic acids is 1. The highest BCUT2D eigenvalue weighted by Gasteiger charge is 2.12.